The van der Waals surface area contributed by atoms with E-state index in [1.165, 1.54) is 4.90 Å². The monoisotopic (exact) mass is 530 g/mol. The van der Waals surface area contributed by atoms with Crippen LogP contribution in [0.5, 0.6) is 5.75 Å². The number of morpholine rings is 1. The number of aliphatic hydroxyl groups is 1. The van der Waals surface area contributed by atoms with Crippen LogP contribution >= 0.6 is 23.2 Å². The number of hydrogen-bond donors (Lipinski definition) is 1. The number of ether oxygens (including phenoxy) is 2. The van der Waals surface area contributed by atoms with Crippen molar-refractivity contribution in [2.45, 2.75) is 31.9 Å². The first-order valence-electron chi connectivity index (χ1n) is 12.2. The Morgan fingerprint density at radius 3 is 2.61 bits per heavy atom. The van der Waals surface area contributed by atoms with Crippen molar-refractivity contribution < 1.29 is 24.2 Å². The first-order valence-corrected chi connectivity index (χ1v) is 12.9. The fourth-order valence-corrected chi connectivity index (χ4v) is 5.68. The summed E-state index contributed by atoms with van der Waals surface area (Å²) in [6.45, 7) is 6.15. The summed E-state index contributed by atoms with van der Waals surface area (Å²) in [6, 6.07) is 9.46. The normalized spacial score (nSPS) is 23.7. The molecule has 1 amide bonds. The van der Waals surface area contributed by atoms with Gasteiger partial charge in [0.05, 0.1) is 24.8 Å². The summed E-state index contributed by atoms with van der Waals surface area (Å²) in [5, 5.41) is 12.2. The van der Waals surface area contributed by atoms with Crippen LogP contribution in [0.25, 0.3) is 5.76 Å². The van der Waals surface area contributed by atoms with Gasteiger partial charge in [-0.2, -0.15) is 0 Å². The van der Waals surface area contributed by atoms with Gasteiger partial charge in [0.2, 0.25) is 0 Å². The van der Waals surface area contributed by atoms with Crippen LogP contribution in [0.4, 0.5) is 0 Å². The zero-order chi connectivity index (χ0) is 25.4. The summed E-state index contributed by atoms with van der Waals surface area (Å²) in [5.74, 6) is -0.824. The molecule has 1 N–H and O–H groups in total. The molecule has 2 fully saturated rings. The van der Waals surface area contributed by atoms with E-state index in [1.807, 2.05) is 13.0 Å². The van der Waals surface area contributed by atoms with Gasteiger partial charge in [-0.15, -0.1) is 0 Å². The quantitative estimate of drug-likeness (QED) is 0.337. The van der Waals surface area contributed by atoms with Crippen molar-refractivity contribution in [1.29, 1.82) is 0 Å². The van der Waals surface area contributed by atoms with Gasteiger partial charge in [-0.3, -0.25) is 14.5 Å². The van der Waals surface area contributed by atoms with E-state index in [9.17, 15) is 14.7 Å². The summed E-state index contributed by atoms with van der Waals surface area (Å²) >= 11 is 12.7. The van der Waals surface area contributed by atoms with Gasteiger partial charge in [-0.05, 0) is 54.8 Å². The first-order chi connectivity index (χ1) is 17.3. The maximum absolute atomic E-state index is 13.3. The van der Waals surface area contributed by atoms with E-state index in [4.69, 9.17) is 32.7 Å². The van der Waals surface area contributed by atoms with E-state index in [0.29, 0.717) is 53.8 Å². The third-order valence-corrected chi connectivity index (χ3v) is 7.51. The van der Waals surface area contributed by atoms with E-state index in [0.717, 1.165) is 30.9 Å². The lowest BCUT2D eigenvalue weighted by Gasteiger charge is -2.29. The first kappa shape index (κ1) is 25.1. The maximum Gasteiger partial charge on any atom is 0.295 e. The molecule has 5 rings (SSSR count). The van der Waals surface area contributed by atoms with Gasteiger partial charge >= 0.3 is 0 Å². The number of benzene rings is 2. The Morgan fingerprint density at radius 2 is 1.86 bits per heavy atom. The molecule has 0 radical (unpaired) electrons. The van der Waals surface area contributed by atoms with Gasteiger partial charge in [0, 0.05) is 48.2 Å². The Hall–Kier alpha value is -2.58. The molecule has 2 saturated heterocycles. The minimum Gasteiger partial charge on any atom is -0.507 e. The van der Waals surface area contributed by atoms with Crippen molar-refractivity contribution >= 4 is 40.7 Å². The van der Waals surface area contributed by atoms with Crippen LogP contribution in [0.15, 0.2) is 42.0 Å². The molecular weight excluding hydrogens is 503 g/mol. The molecule has 190 valence electrons. The van der Waals surface area contributed by atoms with Gasteiger partial charge < -0.3 is 19.5 Å². The molecule has 0 aromatic heterocycles. The summed E-state index contributed by atoms with van der Waals surface area (Å²) < 4.78 is 11.2. The smallest absolute Gasteiger partial charge is 0.295 e. The third-order valence-electron chi connectivity index (χ3n) is 6.94. The van der Waals surface area contributed by atoms with E-state index >= 15 is 0 Å². The number of ketones is 1. The Balaban J connectivity index is 1.51. The number of aliphatic hydroxyl groups excluding tert-OH is 1. The molecule has 2 unspecified atom stereocenters. The van der Waals surface area contributed by atoms with Crippen LogP contribution in [-0.4, -0.2) is 72.1 Å². The Bertz CT molecular complexity index is 1220. The molecule has 0 spiro atoms. The largest absolute Gasteiger partial charge is 0.507 e. The highest BCUT2D eigenvalue weighted by Crippen LogP contribution is 2.43. The lowest BCUT2D eigenvalue weighted by molar-refractivity contribution is -0.140. The van der Waals surface area contributed by atoms with Crippen LogP contribution in [0.1, 0.15) is 36.1 Å². The van der Waals surface area contributed by atoms with Crippen molar-refractivity contribution in [1.82, 2.24) is 9.80 Å². The van der Waals surface area contributed by atoms with E-state index in [2.05, 4.69) is 4.90 Å². The summed E-state index contributed by atoms with van der Waals surface area (Å²) in [4.78, 5) is 30.3. The molecule has 2 aromatic carbocycles. The second kappa shape index (κ2) is 10.4. The van der Waals surface area contributed by atoms with Crippen molar-refractivity contribution in [3.05, 3.63) is 68.7 Å². The van der Waals surface area contributed by atoms with E-state index in [1.54, 1.807) is 30.3 Å². The van der Waals surface area contributed by atoms with Crippen molar-refractivity contribution in [3.63, 3.8) is 0 Å². The van der Waals surface area contributed by atoms with Gasteiger partial charge in [0.25, 0.3) is 11.7 Å². The minimum atomic E-state index is -0.817. The summed E-state index contributed by atoms with van der Waals surface area (Å²) in [5.41, 5.74) is 1.99. The van der Waals surface area contributed by atoms with E-state index < -0.39 is 17.7 Å². The molecule has 3 heterocycles. The lowest BCUT2D eigenvalue weighted by Crippen LogP contribution is -2.39. The standard InChI is InChI=1S/C27H28Cl2N2O5/c1-16-13-18-14-17(3-6-22(18)36-16)25(32)23-24(20-5-4-19(28)15-21(20)29)31(27(34)26(23)33)8-2-7-30-9-11-35-12-10-30/h3-6,14-16,24,32H,2,7-13H2,1H3. The fourth-order valence-electron chi connectivity index (χ4n) is 5.17. The second-order valence-corrected chi connectivity index (χ2v) is 10.3. The van der Waals surface area contributed by atoms with Crippen molar-refractivity contribution in [2.75, 3.05) is 39.4 Å². The third kappa shape index (κ3) is 4.85. The second-order valence-electron chi connectivity index (χ2n) is 9.42. The molecule has 0 bridgehead atoms. The SMILES string of the molecule is CC1Cc2cc(C(O)=C3C(=O)C(=O)N(CCCN4CCOCC4)C3c3ccc(Cl)cc3Cl)ccc2O1. The number of rotatable bonds is 6. The zero-order valence-electron chi connectivity index (χ0n) is 20.0. The highest BCUT2D eigenvalue weighted by Gasteiger charge is 2.46. The number of Topliss-reactive ketones (excluding diaryl/α,β-unsaturated/α-hetero) is 1. The van der Waals surface area contributed by atoms with Gasteiger partial charge in [0.15, 0.2) is 0 Å². The molecule has 2 aromatic rings. The average molecular weight is 531 g/mol. The molecule has 2 atom stereocenters. The zero-order valence-corrected chi connectivity index (χ0v) is 21.5. The number of amides is 1. The molecule has 3 aliphatic heterocycles. The molecule has 36 heavy (non-hydrogen) atoms. The average Bonchev–Trinajstić information content (AvgIpc) is 3.35. The Kier molecular flexibility index (Phi) is 7.26. The van der Waals surface area contributed by atoms with Crippen molar-refractivity contribution in [3.8, 4) is 5.75 Å². The predicted molar refractivity (Wildman–Crippen MR) is 138 cm³/mol. The fraction of sp³-hybridized carbons (Fsp3) is 0.407. The molecule has 0 saturated carbocycles. The van der Waals surface area contributed by atoms with Crippen LogP contribution in [0, 0.1) is 0 Å². The Labute approximate surface area is 220 Å². The van der Waals surface area contributed by atoms with Crippen LogP contribution in [0.3, 0.4) is 0 Å². The highest BCUT2D eigenvalue weighted by atomic mass is 35.5. The lowest BCUT2D eigenvalue weighted by atomic mass is 9.94. The number of hydrogen-bond acceptors (Lipinski definition) is 6. The Morgan fingerprint density at radius 1 is 1.08 bits per heavy atom. The molecule has 0 aliphatic carbocycles. The maximum atomic E-state index is 13.3. The minimum absolute atomic E-state index is 0.0301. The molecular formula is C27H28Cl2N2O5. The summed E-state index contributed by atoms with van der Waals surface area (Å²) in [6.07, 6.45) is 1.42. The number of fused-ring (bicyclic) bond motifs is 1. The van der Waals surface area contributed by atoms with Crippen LogP contribution in [-0.2, 0) is 20.7 Å². The number of likely N-dealkylation sites (tertiary alicyclic amines) is 1. The van der Waals surface area contributed by atoms with Crippen LogP contribution in [0.2, 0.25) is 10.0 Å². The number of carbonyl (C=O) groups is 2. The van der Waals surface area contributed by atoms with Crippen molar-refractivity contribution in [2.24, 2.45) is 0 Å². The number of carbonyl (C=O) groups excluding carboxylic acids is 2. The number of nitrogens with zero attached hydrogens (tertiary/aromatic N) is 2. The highest BCUT2D eigenvalue weighted by molar-refractivity contribution is 6.47. The summed E-state index contributed by atoms with van der Waals surface area (Å²) in [7, 11) is 0. The molecule has 3 aliphatic rings. The number of halogens is 2. The van der Waals surface area contributed by atoms with Gasteiger partial charge in [-0.1, -0.05) is 29.3 Å². The van der Waals surface area contributed by atoms with Crippen LogP contribution < -0.4 is 4.74 Å². The molecule has 9 heteroatoms. The topological polar surface area (TPSA) is 79.3 Å². The predicted octanol–water partition coefficient (Wildman–Crippen LogP) is 4.46. The van der Waals surface area contributed by atoms with Gasteiger partial charge in [-0.25, -0.2) is 0 Å². The van der Waals surface area contributed by atoms with Gasteiger partial charge in [0.1, 0.15) is 17.6 Å². The van der Waals surface area contributed by atoms with E-state index in [-0.39, 0.29) is 17.4 Å². The molecule has 7 nitrogen and oxygen atoms in total.